The highest BCUT2D eigenvalue weighted by Crippen LogP contribution is 2.29. The van der Waals surface area contributed by atoms with Gasteiger partial charge < -0.3 is 14.8 Å². The molecule has 21 heavy (non-hydrogen) atoms. The van der Waals surface area contributed by atoms with E-state index in [1.54, 1.807) is 24.3 Å². The molecule has 0 spiro atoms. The highest BCUT2D eigenvalue weighted by Gasteiger charge is 2.27. The van der Waals surface area contributed by atoms with Crippen molar-refractivity contribution in [2.75, 3.05) is 13.1 Å². The summed E-state index contributed by atoms with van der Waals surface area (Å²) in [4.78, 5) is 0. The molecule has 2 unspecified atom stereocenters. The molecule has 1 heterocycles. The Morgan fingerprint density at radius 1 is 1.24 bits per heavy atom. The third kappa shape index (κ3) is 5.25. The van der Waals surface area contributed by atoms with E-state index in [9.17, 15) is 8.78 Å². The van der Waals surface area contributed by atoms with E-state index in [0.29, 0.717) is 0 Å². The smallest absolute Gasteiger partial charge is 0.387 e. The first-order chi connectivity index (χ1) is 9.83. The Labute approximate surface area is 124 Å². The molecule has 3 nitrogen and oxygen atoms in total. The Balaban J connectivity index is 1.97. The molecular formula is C16H23F2NO2. The molecule has 0 radical (unpaired) electrons. The lowest BCUT2D eigenvalue weighted by molar-refractivity contribution is -0.0556. The molecule has 2 rings (SSSR count). The van der Waals surface area contributed by atoms with Crippen molar-refractivity contribution in [3.05, 3.63) is 29.8 Å². The van der Waals surface area contributed by atoms with E-state index in [4.69, 9.17) is 4.74 Å². The van der Waals surface area contributed by atoms with Gasteiger partial charge in [0.15, 0.2) is 0 Å². The van der Waals surface area contributed by atoms with Gasteiger partial charge in [-0.2, -0.15) is 8.78 Å². The number of ether oxygens (including phenoxy) is 2. The van der Waals surface area contributed by atoms with Crippen LogP contribution < -0.4 is 10.1 Å². The molecule has 2 atom stereocenters. The second-order valence-electron chi connectivity index (χ2n) is 6.62. The van der Waals surface area contributed by atoms with E-state index in [1.807, 2.05) is 0 Å². The first kappa shape index (κ1) is 16.2. The number of hydrogen-bond acceptors (Lipinski definition) is 3. The van der Waals surface area contributed by atoms with Gasteiger partial charge in [0.25, 0.3) is 0 Å². The van der Waals surface area contributed by atoms with Gasteiger partial charge in [-0.05, 0) is 29.5 Å². The van der Waals surface area contributed by atoms with Crippen molar-refractivity contribution in [3.63, 3.8) is 0 Å². The zero-order valence-electron chi connectivity index (χ0n) is 12.7. The molecule has 1 fully saturated rings. The summed E-state index contributed by atoms with van der Waals surface area (Å²) in [5.74, 6) is 0.170. The SMILES string of the molecule is CC(C)(C)CC1CNCC(c2ccc(OC(F)F)cc2)O1. The highest BCUT2D eigenvalue weighted by molar-refractivity contribution is 5.29. The van der Waals surface area contributed by atoms with Gasteiger partial charge in [-0.1, -0.05) is 32.9 Å². The normalized spacial score (nSPS) is 23.3. The number of rotatable bonds is 4. The van der Waals surface area contributed by atoms with Crippen LogP contribution in [0.1, 0.15) is 38.9 Å². The van der Waals surface area contributed by atoms with Crippen LogP contribution in [0.25, 0.3) is 0 Å². The fourth-order valence-corrected chi connectivity index (χ4v) is 2.57. The Morgan fingerprint density at radius 2 is 1.90 bits per heavy atom. The maximum Gasteiger partial charge on any atom is 0.387 e. The predicted molar refractivity (Wildman–Crippen MR) is 77.6 cm³/mol. The van der Waals surface area contributed by atoms with E-state index >= 15 is 0 Å². The molecule has 5 heteroatoms. The second-order valence-corrected chi connectivity index (χ2v) is 6.62. The van der Waals surface area contributed by atoms with Gasteiger partial charge in [-0.25, -0.2) is 0 Å². The van der Waals surface area contributed by atoms with Crippen LogP contribution in [-0.2, 0) is 4.74 Å². The van der Waals surface area contributed by atoms with Crippen LogP contribution in [0, 0.1) is 5.41 Å². The number of benzene rings is 1. The molecular weight excluding hydrogens is 276 g/mol. The fourth-order valence-electron chi connectivity index (χ4n) is 2.57. The zero-order chi connectivity index (χ0) is 15.5. The van der Waals surface area contributed by atoms with Crippen molar-refractivity contribution in [1.29, 1.82) is 0 Å². The Bertz CT molecular complexity index is 443. The third-order valence-electron chi connectivity index (χ3n) is 3.38. The molecule has 1 aromatic carbocycles. The Hall–Kier alpha value is -1.20. The minimum Gasteiger partial charge on any atom is -0.435 e. The van der Waals surface area contributed by atoms with Gasteiger partial charge >= 0.3 is 6.61 Å². The van der Waals surface area contributed by atoms with Gasteiger partial charge in [0.05, 0.1) is 12.2 Å². The van der Waals surface area contributed by atoms with Crippen molar-refractivity contribution in [2.24, 2.45) is 5.41 Å². The van der Waals surface area contributed by atoms with Crippen molar-refractivity contribution in [3.8, 4) is 5.75 Å². The summed E-state index contributed by atoms with van der Waals surface area (Å²) >= 11 is 0. The lowest BCUT2D eigenvalue weighted by Crippen LogP contribution is -2.42. The maximum atomic E-state index is 12.1. The van der Waals surface area contributed by atoms with Gasteiger partial charge in [0.2, 0.25) is 0 Å². The summed E-state index contributed by atoms with van der Waals surface area (Å²) < 4.78 is 34.7. The summed E-state index contributed by atoms with van der Waals surface area (Å²) in [6.45, 7) is 5.36. The minimum atomic E-state index is -2.79. The molecule has 0 saturated carbocycles. The molecule has 0 amide bonds. The van der Waals surface area contributed by atoms with E-state index in [0.717, 1.165) is 25.1 Å². The lowest BCUT2D eigenvalue weighted by Gasteiger charge is -2.34. The summed E-state index contributed by atoms with van der Waals surface area (Å²) in [5, 5.41) is 3.38. The van der Waals surface area contributed by atoms with Gasteiger partial charge in [-0.15, -0.1) is 0 Å². The van der Waals surface area contributed by atoms with Crippen molar-refractivity contribution >= 4 is 0 Å². The summed E-state index contributed by atoms with van der Waals surface area (Å²) in [5.41, 5.74) is 1.19. The van der Waals surface area contributed by atoms with Crippen LogP contribution >= 0.6 is 0 Å². The lowest BCUT2D eigenvalue weighted by atomic mass is 9.88. The predicted octanol–water partition coefficient (Wildman–Crippen LogP) is 3.75. The summed E-state index contributed by atoms with van der Waals surface area (Å²) in [6.07, 6.45) is 1.09. The van der Waals surface area contributed by atoms with Crippen molar-refractivity contribution < 1.29 is 18.3 Å². The number of halogens is 2. The highest BCUT2D eigenvalue weighted by atomic mass is 19.3. The van der Waals surface area contributed by atoms with E-state index in [-0.39, 0.29) is 23.4 Å². The molecule has 118 valence electrons. The molecule has 0 bridgehead atoms. The molecule has 1 aliphatic heterocycles. The fraction of sp³-hybridized carbons (Fsp3) is 0.625. The summed E-state index contributed by atoms with van der Waals surface area (Å²) in [6, 6.07) is 6.67. The Morgan fingerprint density at radius 3 is 2.48 bits per heavy atom. The number of morpholine rings is 1. The molecule has 0 aliphatic carbocycles. The van der Waals surface area contributed by atoms with E-state index in [1.165, 1.54) is 0 Å². The Kier molecular flexibility index (Phi) is 5.17. The van der Waals surface area contributed by atoms with Crippen LogP contribution in [0.2, 0.25) is 0 Å². The quantitative estimate of drug-likeness (QED) is 0.918. The first-order valence-electron chi connectivity index (χ1n) is 7.24. The first-order valence-corrected chi connectivity index (χ1v) is 7.24. The average Bonchev–Trinajstić information content (AvgIpc) is 2.37. The van der Waals surface area contributed by atoms with Crippen molar-refractivity contribution in [2.45, 2.75) is 46.0 Å². The molecule has 1 N–H and O–H groups in total. The topological polar surface area (TPSA) is 30.5 Å². The van der Waals surface area contributed by atoms with Crippen LogP contribution in [0.5, 0.6) is 5.75 Å². The molecule has 0 aromatic heterocycles. The largest absolute Gasteiger partial charge is 0.435 e. The number of nitrogens with one attached hydrogen (secondary N) is 1. The van der Waals surface area contributed by atoms with Gasteiger partial charge in [-0.3, -0.25) is 0 Å². The van der Waals surface area contributed by atoms with Crippen LogP contribution in [0.15, 0.2) is 24.3 Å². The zero-order valence-corrected chi connectivity index (χ0v) is 12.7. The molecule has 1 aliphatic rings. The van der Waals surface area contributed by atoms with Crippen LogP contribution in [0.3, 0.4) is 0 Å². The summed E-state index contributed by atoms with van der Waals surface area (Å²) in [7, 11) is 0. The monoisotopic (exact) mass is 299 g/mol. The molecule has 1 saturated heterocycles. The molecule has 1 aromatic rings. The maximum absolute atomic E-state index is 12.1. The number of hydrogen-bond donors (Lipinski definition) is 1. The van der Waals surface area contributed by atoms with Crippen LogP contribution in [0.4, 0.5) is 8.78 Å². The standard InChI is InChI=1S/C16H23F2NO2/c1-16(2,3)8-13-9-19-10-14(20-13)11-4-6-12(7-5-11)21-15(17)18/h4-7,13-15,19H,8-10H2,1-3H3. The van der Waals surface area contributed by atoms with Gasteiger partial charge in [0, 0.05) is 13.1 Å². The van der Waals surface area contributed by atoms with Gasteiger partial charge in [0.1, 0.15) is 5.75 Å². The van der Waals surface area contributed by atoms with Crippen molar-refractivity contribution in [1.82, 2.24) is 5.32 Å². The minimum absolute atomic E-state index is 0.0494. The third-order valence-corrected chi connectivity index (χ3v) is 3.38. The second kappa shape index (κ2) is 6.71. The van der Waals surface area contributed by atoms with E-state index < -0.39 is 6.61 Å². The van der Waals surface area contributed by atoms with Crippen LogP contribution in [-0.4, -0.2) is 25.8 Å². The van der Waals surface area contributed by atoms with E-state index in [2.05, 4.69) is 30.8 Å². The number of alkyl halides is 2. The average molecular weight is 299 g/mol.